The summed E-state index contributed by atoms with van der Waals surface area (Å²) in [5.74, 6) is -1.39. The summed E-state index contributed by atoms with van der Waals surface area (Å²) < 4.78 is 26.7. The second-order valence-corrected chi connectivity index (χ2v) is 6.01. The Morgan fingerprint density at radius 2 is 2.14 bits per heavy atom. The van der Waals surface area contributed by atoms with Gasteiger partial charge < -0.3 is 10.2 Å². The smallest absolute Gasteiger partial charge is 0.340 e. The van der Waals surface area contributed by atoms with Crippen LogP contribution in [0.1, 0.15) is 28.9 Å². The fourth-order valence-corrected chi connectivity index (χ4v) is 3.11. The maximum absolute atomic E-state index is 12.2. The van der Waals surface area contributed by atoms with Crippen LogP contribution in [0.2, 0.25) is 0 Å². The number of benzene rings is 1. The molecule has 1 aromatic heterocycles. The van der Waals surface area contributed by atoms with Gasteiger partial charge in [-0.1, -0.05) is 12.1 Å². The zero-order valence-corrected chi connectivity index (χ0v) is 11.8. The number of rotatable bonds is 5. The molecule has 0 aliphatic rings. The fraction of sp³-hybridized carbons (Fsp3) is 0.167. The lowest BCUT2D eigenvalue weighted by Gasteiger charge is -2.14. The molecule has 0 radical (unpaired) electrons. The summed E-state index contributed by atoms with van der Waals surface area (Å²) in [5.41, 5.74) is 0.0978. The first-order valence-corrected chi connectivity index (χ1v) is 7.37. The van der Waals surface area contributed by atoms with Crippen molar-refractivity contribution < 1.29 is 23.4 Å². The highest BCUT2D eigenvalue weighted by molar-refractivity contribution is 7.89. The normalized spacial score (nSPS) is 13.0. The molecule has 4 N–H and O–H groups in total. The van der Waals surface area contributed by atoms with Gasteiger partial charge in [-0.15, -0.1) is 0 Å². The first-order chi connectivity index (χ1) is 9.81. The number of aromatic hydroxyl groups is 1. The molecule has 9 heteroatoms. The summed E-state index contributed by atoms with van der Waals surface area (Å²) in [6.45, 7) is 1.57. The number of phenolic OH excluding ortho intramolecular Hbond substituents is 1. The van der Waals surface area contributed by atoms with E-state index >= 15 is 0 Å². The van der Waals surface area contributed by atoms with E-state index in [1.54, 1.807) is 19.1 Å². The van der Waals surface area contributed by atoms with Gasteiger partial charge in [0, 0.05) is 6.04 Å². The highest BCUT2D eigenvalue weighted by Crippen LogP contribution is 2.20. The predicted molar refractivity (Wildman–Crippen MR) is 72.4 cm³/mol. The molecule has 1 heterocycles. The molecule has 112 valence electrons. The molecule has 0 amide bonds. The van der Waals surface area contributed by atoms with Gasteiger partial charge in [0.15, 0.2) is 5.03 Å². The van der Waals surface area contributed by atoms with Gasteiger partial charge in [-0.3, -0.25) is 5.10 Å². The summed E-state index contributed by atoms with van der Waals surface area (Å²) in [6.07, 6.45) is 0.926. The van der Waals surface area contributed by atoms with Gasteiger partial charge in [0.2, 0.25) is 0 Å². The van der Waals surface area contributed by atoms with Gasteiger partial charge in [0.05, 0.1) is 6.20 Å². The molecule has 2 aromatic rings. The molecule has 1 atom stereocenters. The van der Waals surface area contributed by atoms with Crippen molar-refractivity contribution in [1.82, 2.24) is 14.9 Å². The Bertz CT molecular complexity index is 769. The molecular formula is C12H13N3O5S. The van der Waals surface area contributed by atoms with Crippen LogP contribution in [0.15, 0.2) is 35.5 Å². The summed E-state index contributed by atoms with van der Waals surface area (Å²) in [7, 11) is -4.08. The molecule has 1 unspecified atom stereocenters. The number of sulfonamides is 1. The van der Waals surface area contributed by atoms with Gasteiger partial charge in [-0.2, -0.15) is 5.10 Å². The number of hydrogen-bond donors (Lipinski definition) is 4. The van der Waals surface area contributed by atoms with Gasteiger partial charge in [0.1, 0.15) is 11.3 Å². The second-order valence-electron chi connectivity index (χ2n) is 4.36. The van der Waals surface area contributed by atoms with Crippen molar-refractivity contribution in [3.8, 4) is 5.75 Å². The second kappa shape index (κ2) is 5.54. The SMILES string of the molecule is CC(NS(=O)(=O)c1[nH]ncc1C(=O)O)c1cccc(O)c1. The molecule has 0 aliphatic carbocycles. The average molecular weight is 311 g/mol. The number of hydrogen-bond acceptors (Lipinski definition) is 5. The summed E-state index contributed by atoms with van der Waals surface area (Å²) in [4.78, 5) is 10.9. The van der Waals surface area contributed by atoms with E-state index in [-0.39, 0.29) is 5.75 Å². The number of nitrogens with zero attached hydrogens (tertiary/aromatic N) is 1. The topological polar surface area (TPSA) is 132 Å². The van der Waals surface area contributed by atoms with E-state index in [1.165, 1.54) is 12.1 Å². The van der Waals surface area contributed by atoms with E-state index in [4.69, 9.17) is 5.11 Å². The molecule has 8 nitrogen and oxygen atoms in total. The van der Waals surface area contributed by atoms with Crippen LogP contribution in [0.25, 0.3) is 0 Å². The largest absolute Gasteiger partial charge is 0.508 e. The standard InChI is InChI=1S/C12H13N3O5S/c1-7(8-3-2-4-9(16)5-8)15-21(19,20)11-10(12(17)18)6-13-14-11/h2-7,15-16H,1H3,(H,13,14)(H,17,18). The number of carboxylic acid groups (broad SMARTS) is 1. The Balaban J connectivity index is 2.29. The Labute approximate surface area is 120 Å². The molecule has 0 bridgehead atoms. The van der Waals surface area contributed by atoms with Crippen molar-refractivity contribution in [2.75, 3.05) is 0 Å². The number of H-pyrrole nitrogens is 1. The number of carboxylic acids is 1. The summed E-state index contributed by atoms with van der Waals surface area (Å²) in [6, 6.07) is 5.43. The van der Waals surface area contributed by atoms with Crippen LogP contribution in [0.4, 0.5) is 0 Å². The predicted octanol–water partition coefficient (Wildman–Crippen LogP) is 0.853. The molecule has 0 saturated heterocycles. The molecular weight excluding hydrogens is 298 g/mol. The quantitative estimate of drug-likeness (QED) is 0.647. The first-order valence-electron chi connectivity index (χ1n) is 5.89. The van der Waals surface area contributed by atoms with Crippen molar-refractivity contribution in [3.05, 3.63) is 41.6 Å². The summed E-state index contributed by atoms with van der Waals surface area (Å²) >= 11 is 0. The molecule has 21 heavy (non-hydrogen) atoms. The number of nitrogens with one attached hydrogen (secondary N) is 2. The lowest BCUT2D eigenvalue weighted by atomic mass is 10.1. The zero-order valence-electron chi connectivity index (χ0n) is 10.9. The molecule has 0 fully saturated rings. The number of carbonyl (C=O) groups is 1. The van der Waals surface area contributed by atoms with Crippen LogP contribution < -0.4 is 4.72 Å². The minimum atomic E-state index is -4.08. The third-order valence-electron chi connectivity index (χ3n) is 2.81. The van der Waals surface area contributed by atoms with E-state index in [1.807, 2.05) is 0 Å². The average Bonchev–Trinajstić information content (AvgIpc) is 2.88. The molecule has 0 aliphatic heterocycles. The first kappa shape index (κ1) is 15.0. The molecule has 1 aromatic carbocycles. The van der Waals surface area contributed by atoms with Crippen LogP contribution in [0.5, 0.6) is 5.75 Å². The van der Waals surface area contributed by atoms with E-state index < -0.39 is 32.6 Å². The highest BCUT2D eigenvalue weighted by atomic mass is 32.2. The fourth-order valence-electron chi connectivity index (χ4n) is 1.79. The maximum atomic E-state index is 12.2. The highest BCUT2D eigenvalue weighted by Gasteiger charge is 2.26. The number of aromatic carboxylic acids is 1. The van der Waals surface area contributed by atoms with Crippen LogP contribution in [-0.4, -0.2) is 34.8 Å². The monoisotopic (exact) mass is 311 g/mol. The van der Waals surface area contributed by atoms with Crippen molar-refractivity contribution in [1.29, 1.82) is 0 Å². The van der Waals surface area contributed by atoms with Crippen LogP contribution in [0, 0.1) is 0 Å². The lowest BCUT2D eigenvalue weighted by Crippen LogP contribution is -2.28. The Morgan fingerprint density at radius 3 is 2.76 bits per heavy atom. The van der Waals surface area contributed by atoms with Gasteiger partial charge >= 0.3 is 5.97 Å². The van der Waals surface area contributed by atoms with Crippen LogP contribution >= 0.6 is 0 Å². The van der Waals surface area contributed by atoms with Crippen molar-refractivity contribution in [2.24, 2.45) is 0 Å². The minimum Gasteiger partial charge on any atom is -0.508 e. The number of aromatic nitrogens is 2. The maximum Gasteiger partial charge on any atom is 0.340 e. The van der Waals surface area contributed by atoms with Gasteiger partial charge in [-0.05, 0) is 24.6 Å². The third kappa shape index (κ3) is 3.20. The minimum absolute atomic E-state index is 0.00585. The lowest BCUT2D eigenvalue weighted by molar-refractivity contribution is 0.0692. The summed E-state index contributed by atoms with van der Waals surface area (Å²) in [5, 5.41) is 23.4. The van der Waals surface area contributed by atoms with Gasteiger partial charge in [-0.25, -0.2) is 17.9 Å². The number of phenols is 1. The van der Waals surface area contributed by atoms with Gasteiger partial charge in [0.25, 0.3) is 10.0 Å². The Morgan fingerprint density at radius 1 is 1.43 bits per heavy atom. The third-order valence-corrected chi connectivity index (χ3v) is 4.32. The zero-order chi connectivity index (χ0) is 15.6. The van der Waals surface area contributed by atoms with Crippen molar-refractivity contribution in [2.45, 2.75) is 18.0 Å². The van der Waals surface area contributed by atoms with E-state index in [2.05, 4.69) is 14.9 Å². The van der Waals surface area contributed by atoms with E-state index in [0.29, 0.717) is 5.56 Å². The molecule has 2 rings (SSSR count). The van der Waals surface area contributed by atoms with Crippen LogP contribution in [0.3, 0.4) is 0 Å². The van der Waals surface area contributed by atoms with Crippen molar-refractivity contribution >= 4 is 16.0 Å². The van der Waals surface area contributed by atoms with E-state index in [9.17, 15) is 18.3 Å². The molecule has 0 spiro atoms. The van der Waals surface area contributed by atoms with Crippen molar-refractivity contribution in [3.63, 3.8) is 0 Å². The Kier molecular flexibility index (Phi) is 3.96. The molecule has 0 saturated carbocycles. The number of aromatic amines is 1. The van der Waals surface area contributed by atoms with E-state index in [0.717, 1.165) is 6.20 Å². The Hall–Kier alpha value is -2.39. The van der Waals surface area contributed by atoms with Crippen LogP contribution in [-0.2, 0) is 10.0 Å².